The van der Waals surface area contributed by atoms with E-state index in [2.05, 4.69) is 4.98 Å². The first-order chi connectivity index (χ1) is 9.15. The molecule has 3 rings (SSSR count). The molecule has 19 heavy (non-hydrogen) atoms. The third-order valence-corrected chi connectivity index (χ3v) is 4.19. The fraction of sp³-hybridized carbons (Fsp3) is 0.143. The minimum Gasteiger partial charge on any atom is -0.481 e. The molecule has 3 aromatic rings. The molecule has 0 saturated heterocycles. The SMILES string of the molecule is Cc1c(CC(=O)O)sc2nc(-c3ccccc3)cn12. The predicted molar refractivity (Wildman–Crippen MR) is 74.6 cm³/mol. The molecule has 0 unspecified atom stereocenters. The second-order valence-corrected chi connectivity index (χ2v) is 5.39. The summed E-state index contributed by atoms with van der Waals surface area (Å²) in [5.41, 5.74) is 2.94. The van der Waals surface area contributed by atoms with Gasteiger partial charge >= 0.3 is 5.97 Å². The molecule has 0 aliphatic rings. The molecule has 1 aromatic carbocycles. The van der Waals surface area contributed by atoms with Crippen LogP contribution in [-0.2, 0) is 11.2 Å². The maximum Gasteiger partial charge on any atom is 0.308 e. The van der Waals surface area contributed by atoms with E-state index < -0.39 is 5.97 Å². The van der Waals surface area contributed by atoms with Crippen molar-refractivity contribution in [1.29, 1.82) is 0 Å². The first-order valence-corrected chi connectivity index (χ1v) is 6.71. The van der Waals surface area contributed by atoms with Gasteiger partial charge in [0.25, 0.3) is 0 Å². The lowest BCUT2D eigenvalue weighted by atomic mass is 10.2. The summed E-state index contributed by atoms with van der Waals surface area (Å²) in [5.74, 6) is -0.809. The van der Waals surface area contributed by atoms with Crippen LogP contribution in [0.3, 0.4) is 0 Å². The molecule has 96 valence electrons. The summed E-state index contributed by atoms with van der Waals surface area (Å²) >= 11 is 1.44. The highest BCUT2D eigenvalue weighted by molar-refractivity contribution is 7.17. The second-order valence-electron chi connectivity index (χ2n) is 4.33. The largest absolute Gasteiger partial charge is 0.481 e. The van der Waals surface area contributed by atoms with Crippen LogP contribution < -0.4 is 0 Å². The van der Waals surface area contributed by atoms with Gasteiger partial charge in [0.05, 0.1) is 12.1 Å². The summed E-state index contributed by atoms with van der Waals surface area (Å²) in [4.78, 5) is 17.0. The summed E-state index contributed by atoms with van der Waals surface area (Å²) in [7, 11) is 0. The van der Waals surface area contributed by atoms with Crippen LogP contribution in [-0.4, -0.2) is 20.5 Å². The summed E-state index contributed by atoms with van der Waals surface area (Å²) in [6, 6.07) is 9.95. The summed E-state index contributed by atoms with van der Waals surface area (Å²) < 4.78 is 1.96. The number of aliphatic carboxylic acids is 1. The molecule has 1 N–H and O–H groups in total. The van der Waals surface area contributed by atoms with Gasteiger partial charge in [0, 0.05) is 22.3 Å². The van der Waals surface area contributed by atoms with E-state index in [1.54, 1.807) is 0 Å². The number of benzene rings is 1. The van der Waals surface area contributed by atoms with Crippen molar-refractivity contribution < 1.29 is 9.90 Å². The van der Waals surface area contributed by atoms with E-state index in [1.807, 2.05) is 47.9 Å². The van der Waals surface area contributed by atoms with E-state index >= 15 is 0 Å². The molecule has 5 heteroatoms. The number of aromatic nitrogens is 2. The predicted octanol–water partition coefficient (Wildman–Crippen LogP) is 3.00. The summed E-state index contributed by atoms with van der Waals surface area (Å²) in [6.45, 7) is 1.93. The molecular formula is C14H12N2O2S. The monoisotopic (exact) mass is 272 g/mol. The first-order valence-electron chi connectivity index (χ1n) is 5.90. The zero-order chi connectivity index (χ0) is 13.4. The Labute approximate surface area is 114 Å². The maximum absolute atomic E-state index is 10.8. The minimum absolute atomic E-state index is 0.0561. The smallest absolute Gasteiger partial charge is 0.308 e. The van der Waals surface area contributed by atoms with Gasteiger partial charge in [-0.05, 0) is 6.92 Å². The lowest BCUT2D eigenvalue weighted by Gasteiger charge is -1.96. The van der Waals surface area contributed by atoms with Crippen molar-refractivity contribution in [2.75, 3.05) is 0 Å². The molecule has 0 saturated carbocycles. The van der Waals surface area contributed by atoms with E-state index in [9.17, 15) is 4.79 Å². The molecule has 2 heterocycles. The van der Waals surface area contributed by atoms with Crippen molar-refractivity contribution in [3.05, 3.63) is 47.1 Å². The van der Waals surface area contributed by atoms with E-state index in [4.69, 9.17) is 5.11 Å². The Morgan fingerprint density at radius 3 is 2.74 bits per heavy atom. The standard InChI is InChI=1S/C14H12N2O2S/c1-9-12(7-13(17)18)19-14-15-11(8-16(9)14)10-5-3-2-4-6-10/h2-6,8H,7H2,1H3,(H,17,18). The molecule has 0 radical (unpaired) electrons. The summed E-state index contributed by atoms with van der Waals surface area (Å²) in [5, 5.41) is 8.86. The molecule has 0 fully saturated rings. The Kier molecular flexibility index (Phi) is 2.83. The lowest BCUT2D eigenvalue weighted by molar-refractivity contribution is -0.136. The van der Waals surface area contributed by atoms with E-state index in [-0.39, 0.29) is 6.42 Å². The number of thiazole rings is 1. The number of carbonyl (C=O) groups is 1. The van der Waals surface area contributed by atoms with Gasteiger partial charge in [-0.1, -0.05) is 30.3 Å². The van der Waals surface area contributed by atoms with E-state index in [0.29, 0.717) is 0 Å². The van der Waals surface area contributed by atoms with Gasteiger partial charge in [-0.3, -0.25) is 9.20 Å². The van der Waals surface area contributed by atoms with Crippen LogP contribution in [0.2, 0.25) is 0 Å². The molecule has 0 amide bonds. The van der Waals surface area contributed by atoms with Crippen molar-refractivity contribution in [3.8, 4) is 11.3 Å². The maximum atomic E-state index is 10.8. The number of nitrogens with zero attached hydrogens (tertiary/aromatic N) is 2. The number of carboxylic acids is 1. The fourth-order valence-corrected chi connectivity index (χ4v) is 3.14. The molecule has 0 aliphatic carbocycles. The molecular weight excluding hydrogens is 260 g/mol. The Morgan fingerprint density at radius 1 is 1.37 bits per heavy atom. The fourth-order valence-electron chi connectivity index (χ4n) is 2.04. The van der Waals surface area contributed by atoms with E-state index in [1.165, 1.54) is 11.3 Å². The van der Waals surface area contributed by atoms with Crippen LogP contribution in [0.15, 0.2) is 36.5 Å². The van der Waals surface area contributed by atoms with Gasteiger partial charge < -0.3 is 5.11 Å². The molecule has 4 nitrogen and oxygen atoms in total. The lowest BCUT2D eigenvalue weighted by Crippen LogP contribution is -2.00. The average molecular weight is 272 g/mol. The van der Waals surface area contributed by atoms with E-state index in [0.717, 1.165) is 26.8 Å². The Morgan fingerprint density at radius 2 is 2.11 bits per heavy atom. The molecule has 2 aromatic heterocycles. The van der Waals surface area contributed by atoms with Crippen LogP contribution in [0.4, 0.5) is 0 Å². The van der Waals surface area contributed by atoms with Gasteiger partial charge in [-0.15, -0.1) is 11.3 Å². The minimum atomic E-state index is -0.809. The number of imidazole rings is 1. The third-order valence-electron chi connectivity index (χ3n) is 3.03. The van der Waals surface area contributed by atoms with Gasteiger partial charge in [-0.25, -0.2) is 4.98 Å². The number of fused-ring (bicyclic) bond motifs is 1. The normalized spacial score (nSPS) is 11.0. The van der Waals surface area contributed by atoms with Crippen LogP contribution in [0.25, 0.3) is 16.2 Å². The third kappa shape index (κ3) is 2.13. The van der Waals surface area contributed by atoms with Crippen LogP contribution in [0.1, 0.15) is 10.6 Å². The molecule has 0 bridgehead atoms. The Bertz CT molecular complexity index is 743. The number of aryl methyl sites for hydroxylation is 1. The van der Waals surface area contributed by atoms with Crippen molar-refractivity contribution in [2.24, 2.45) is 0 Å². The second kappa shape index (κ2) is 4.51. The van der Waals surface area contributed by atoms with Crippen molar-refractivity contribution in [1.82, 2.24) is 9.38 Å². The topological polar surface area (TPSA) is 54.6 Å². The summed E-state index contributed by atoms with van der Waals surface area (Å²) in [6.07, 6.45) is 2.02. The van der Waals surface area contributed by atoms with Crippen LogP contribution in [0, 0.1) is 6.92 Å². The average Bonchev–Trinajstić information content (AvgIpc) is 2.92. The first kappa shape index (κ1) is 11.9. The highest BCUT2D eigenvalue weighted by Gasteiger charge is 2.14. The Hall–Kier alpha value is -2.14. The zero-order valence-electron chi connectivity index (χ0n) is 10.3. The van der Waals surface area contributed by atoms with Gasteiger partial charge in [0.2, 0.25) is 0 Å². The molecule has 0 aliphatic heterocycles. The van der Waals surface area contributed by atoms with Crippen LogP contribution in [0.5, 0.6) is 0 Å². The number of carboxylic acid groups (broad SMARTS) is 1. The number of rotatable bonds is 3. The van der Waals surface area contributed by atoms with Crippen molar-refractivity contribution in [2.45, 2.75) is 13.3 Å². The highest BCUT2D eigenvalue weighted by atomic mass is 32.1. The number of hydrogen-bond acceptors (Lipinski definition) is 3. The number of hydrogen-bond donors (Lipinski definition) is 1. The quantitative estimate of drug-likeness (QED) is 0.797. The molecule has 0 spiro atoms. The molecule has 0 atom stereocenters. The highest BCUT2D eigenvalue weighted by Crippen LogP contribution is 2.27. The van der Waals surface area contributed by atoms with Crippen molar-refractivity contribution in [3.63, 3.8) is 0 Å². The van der Waals surface area contributed by atoms with Gasteiger partial charge in [-0.2, -0.15) is 0 Å². The Balaban J connectivity index is 2.06. The van der Waals surface area contributed by atoms with Gasteiger partial charge in [0.1, 0.15) is 0 Å². The zero-order valence-corrected chi connectivity index (χ0v) is 11.1. The van der Waals surface area contributed by atoms with Gasteiger partial charge in [0.15, 0.2) is 4.96 Å². The van der Waals surface area contributed by atoms with Crippen molar-refractivity contribution >= 4 is 22.3 Å². The van der Waals surface area contributed by atoms with Crippen LogP contribution >= 0.6 is 11.3 Å².